The van der Waals surface area contributed by atoms with Crippen LogP contribution in [0.5, 0.6) is 0 Å². The lowest BCUT2D eigenvalue weighted by Crippen LogP contribution is -2.44. The second-order valence-electron chi connectivity index (χ2n) is 10.4. The fourth-order valence-corrected chi connectivity index (χ4v) is 6.75. The van der Waals surface area contributed by atoms with Crippen LogP contribution in [0.4, 0.5) is 0 Å². The molecule has 2 atom stereocenters. The first-order chi connectivity index (χ1) is 16.6. The molecular formula is C28H36N2O4S. The third-order valence-corrected chi connectivity index (χ3v) is 9.04. The van der Waals surface area contributed by atoms with Crippen molar-refractivity contribution < 1.29 is 18.0 Å². The number of rotatable bonds is 8. The summed E-state index contributed by atoms with van der Waals surface area (Å²) in [7, 11) is -3.14. The standard InChI is InChI=1S/C28H36N2O4S/c1-20(2)24-10-8-23(9-11-24)17-30(26-13-15-35(33,34)19-26)28(32)25-16-27(31)29(18-25)14-12-22-6-4-21(3)5-7-22/h4-11,20,25-26H,12-19H2,1-3H3. The Kier molecular flexibility index (Phi) is 7.64. The summed E-state index contributed by atoms with van der Waals surface area (Å²) in [5.41, 5.74) is 4.57. The van der Waals surface area contributed by atoms with Gasteiger partial charge in [-0.05, 0) is 42.4 Å². The van der Waals surface area contributed by atoms with Crippen LogP contribution in [0.1, 0.15) is 54.9 Å². The first kappa shape index (κ1) is 25.4. The molecule has 35 heavy (non-hydrogen) atoms. The lowest BCUT2D eigenvalue weighted by molar-refractivity contribution is -0.138. The topological polar surface area (TPSA) is 74.8 Å². The van der Waals surface area contributed by atoms with Gasteiger partial charge in [0.2, 0.25) is 11.8 Å². The summed E-state index contributed by atoms with van der Waals surface area (Å²) in [6.45, 7) is 7.66. The average molecular weight is 497 g/mol. The molecule has 2 aliphatic heterocycles. The summed E-state index contributed by atoms with van der Waals surface area (Å²) >= 11 is 0. The lowest BCUT2D eigenvalue weighted by atomic mass is 10.0. The van der Waals surface area contributed by atoms with Crippen LogP contribution in [0.25, 0.3) is 0 Å². The molecule has 2 aromatic carbocycles. The van der Waals surface area contributed by atoms with E-state index in [0.717, 1.165) is 12.0 Å². The Morgan fingerprint density at radius 2 is 1.71 bits per heavy atom. The molecule has 0 N–H and O–H groups in total. The van der Waals surface area contributed by atoms with Gasteiger partial charge < -0.3 is 9.80 Å². The highest BCUT2D eigenvalue weighted by atomic mass is 32.2. The monoisotopic (exact) mass is 496 g/mol. The van der Waals surface area contributed by atoms with E-state index in [0.29, 0.717) is 32.0 Å². The average Bonchev–Trinajstić information content (AvgIpc) is 3.38. The van der Waals surface area contributed by atoms with Gasteiger partial charge in [-0.2, -0.15) is 0 Å². The Hall–Kier alpha value is -2.67. The first-order valence-electron chi connectivity index (χ1n) is 12.5. The van der Waals surface area contributed by atoms with E-state index >= 15 is 0 Å². The van der Waals surface area contributed by atoms with Gasteiger partial charge in [0.1, 0.15) is 0 Å². The molecule has 0 radical (unpaired) electrons. The quantitative estimate of drug-likeness (QED) is 0.558. The fraction of sp³-hybridized carbons (Fsp3) is 0.500. The van der Waals surface area contributed by atoms with Crippen molar-refractivity contribution in [2.75, 3.05) is 24.6 Å². The van der Waals surface area contributed by atoms with E-state index in [1.54, 1.807) is 9.80 Å². The molecular weight excluding hydrogens is 460 g/mol. The maximum absolute atomic E-state index is 13.7. The molecule has 188 valence electrons. The summed E-state index contributed by atoms with van der Waals surface area (Å²) in [6, 6.07) is 16.1. The number of likely N-dealkylation sites (tertiary alicyclic amines) is 1. The van der Waals surface area contributed by atoms with Crippen LogP contribution in [-0.4, -0.2) is 60.7 Å². The molecule has 2 heterocycles. The van der Waals surface area contributed by atoms with Crippen LogP contribution >= 0.6 is 0 Å². The largest absolute Gasteiger partial charge is 0.342 e. The van der Waals surface area contributed by atoms with Crippen molar-refractivity contribution in [3.63, 3.8) is 0 Å². The van der Waals surface area contributed by atoms with Crippen LogP contribution in [0, 0.1) is 12.8 Å². The SMILES string of the molecule is Cc1ccc(CCN2CC(C(=O)N(Cc3ccc(C(C)C)cc3)C3CCS(=O)(=O)C3)CC2=O)cc1. The predicted octanol–water partition coefficient (Wildman–Crippen LogP) is 3.73. The molecule has 0 spiro atoms. The number of nitrogens with zero attached hydrogens (tertiary/aromatic N) is 2. The van der Waals surface area contributed by atoms with Crippen LogP contribution in [0.15, 0.2) is 48.5 Å². The van der Waals surface area contributed by atoms with E-state index < -0.39 is 15.8 Å². The van der Waals surface area contributed by atoms with Gasteiger partial charge in [0.05, 0.1) is 17.4 Å². The highest BCUT2D eigenvalue weighted by Gasteiger charge is 2.41. The van der Waals surface area contributed by atoms with Crippen molar-refractivity contribution in [3.8, 4) is 0 Å². The minimum Gasteiger partial charge on any atom is -0.342 e. The van der Waals surface area contributed by atoms with Crippen molar-refractivity contribution in [2.24, 2.45) is 5.92 Å². The molecule has 2 saturated heterocycles. The molecule has 6 nitrogen and oxygen atoms in total. The normalized spacial score (nSPS) is 21.6. The Bertz CT molecular complexity index is 1160. The molecule has 2 aliphatic rings. The molecule has 2 fully saturated rings. The van der Waals surface area contributed by atoms with E-state index in [1.807, 2.05) is 19.1 Å². The van der Waals surface area contributed by atoms with Gasteiger partial charge in [0.25, 0.3) is 0 Å². The minimum atomic E-state index is -3.14. The van der Waals surface area contributed by atoms with Crippen molar-refractivity contribution in [1.29, 1.82) is 0 Å². The summed E-state index contributed by atoms with van der Waals surface area (Å²) in [5.74, 6) is -0.0152. The Labute approximate surface area is 209 Å². The van der Waals surface area contributed by atoms with Crippen molar-refractivity contribution in [3.05, 3.63) is 70.8 Å². The molecule has 7 heteroatoms. The van der Waals surface area contributed by atoms with E-state index in [2.05, 4.69) is 50.2 Å². The maximum atomic E-state index is 13.7. The number of hydrogen-bond acceptors (Lipinski definition) is 4. The van der Waals surface area contributed by atoms with E-state index in [1.165, 1.54) is 16.7 Å². The number of carbonyl (C=O) groups excluding carboxylic acids is 2. The van der Waals surface area contributed by atoms with Crippen LogP contribution in [0.3, 0.4) is 0 Å². The van der Waals surface area contributed by atoms with Crippen molar-refractivity contribution in [2.45, 2.75) is 58.5 Å². The molecule has 0 saturated carbocycles. The van der Waals surface area contributed by atoms with Gasteiger partial charge in [-0.3, -0.25) is 9.59 Å². The predicted molar refractivity (Wildman–Crippen MR) is 138 cm³/mol. The third-order valence-electron chi connectivity index (χ3n) is 7.29. The molecule has 0 aliphatic carbocycles. The lowest BCUT2D eigenvalue weighted by Gasteiger charge is -2.31. The van der Waals surface area contributed by atoms with E-state index in [4.69, 9.17) is 0 Å². The summed E-state index contributed by atoms with van der Waals surface area (Å²) < 4.78 is 24.4. The Morgan fingerprint density at radius 1 is 1.06 bits per heavy atom. The van der Waals surface area contributed by atoms with Crippen LogP contribution < -0.4 is 0 Å². The molecule has 0 bridgehead atoms. The highest BCUT2D eigenvalue weighted by Crippen LogP contribution is 2.27. The second-order valence-corrected chi connectivity index (χ2v) is 12.6. The van der Waals surface area contributed by atoms with Crippen LogP contribution in [0.2, 0.25) is 0 Å². The van der Waals surface area contributed by atoms with Crippen molar-refractivity contribution >= 4 is 21.7 Å². The Morgan fingerprint density at radius 3 is 2.31 bits per heavy atom. The van der Waals surface area contributed by atoms with Gasteiger partial charge in [-0.25, -0.2) is 8.42 Å². The molecule has 4 rings (SSSR count). The number of hydrogen-bond donors (Lipinski definition) is 0. The highest BCUT2D eigenvalue weighted by molar-refractivity contribution is 7.91. The number of benzene rings is 2. The van der Waals surface area contributed by atoms with Crippen LogP contribution in [-0.2, 0) is 32.4 Å². The second kappa shape index (κ2) is 10.5. The summed E-state index contributed by atoms with van der Waals surface area (Å²) in [4.78, 5) is 29.9. The van der Waals surface area contributed by atoms with E-state index in [-0.39, 0.29) is 35.8 Å². The Balaban J connectivity index is 1.46. The summed E-state index contributed by atoms with van der Waals surface area (Å²) in [6.07, 6.45) is 1.39. The van der Waals surface area contributed by atoms with Gasteiger partial charge in [-0.15, -0.1) is 0 Å². The minimum absolute atomic E-state index is 0.000617. The molecule has 2 aromatic rings. The number of amides is 2. The maximum Gasteiger partial charge on any atom is 0.228 e. The number of carbonyl (C=O) groups is 2. The number of aryl methyl sites for hydroxylation is 1. The van der Waals surface area contributed by atoms with Gasteiger partial charge in [0.15, 0.2) is 9.84 Å². The smallest absolute Gasteiger partial charge is 0.228 e. The van der Waals surface area contributed by atoms with Gasteiger partial charge in [-0.1, -0.05) is 67.9 Å². The first-order valence-corrected chi connectivity index (χ1v) is 14.4. The molecule has 2 amide bonds. The van der Waals surface area contributed by atoms with Gasteiger partial charge in [0, 0.05) is 32.1 Å². The van der Waals surface area contributed by atoms with Crippen molar-refractivity contribution in [1.82, 2.24) is 9.80 Å². The number of sulfone groups is 1. The van der Waals surface area contributed by atoms with E-state index in [9.17, 15) is 18.0 Å². The zero-order valence-electron chi connectivity index (χ0n) is 20.9. The zero-order valence-corrected chi connectivity index (χ0v) is 21.8. The third kappa shape index (κ3) is 6.31. The molecule has 0 aromatic heterocycles. The van der Waals surface area contributed by atoms with Gasteiger partial charge >= 0.3 is 0 Å². The zero-order chi connectivity index (χ0) is 25.2. The fourth-order valence-electron chi connectivity index (χ4n) is 5.02. The molecule has 2 unspecified atom stereocenters. The summed E-state index contributed by atoms with van der Waals surface area (Å²) in [5, 5.41) is 0.